The van der Waals surface area contributed by atoms with Gasteiger partial charge in [0.1, 0.15) is 0 Å². The summed E-state index contributed by atoms with van der Waals surface area (Å²) in [5.41, 5.74) is 8.09. The number of aliphatic carboxylic acids is 1. The maximum atomic E-state index is 12.4. The van der Waals surface area contributed by atoms with Crippen molar-refractivity contribution in [2.75, 3.05) is 25.1 Å². The molecule has 7 nitrogen and oxygen atoms in total. The Morgan fingerprint density at radius 2 is 2.10 bits per heavy atom. The van der Waals surface area contributed by atoms with Gasteiger partial charge in [0, 0.05) is 23.5 Å². The van der Waals surface area contributed by atoms with E-state index < -0.39 is 11.9 Å². The van der Waals surface area contributed by atoms with Gasteiger partial charge in [-0.3, -0.25) is 0 Å². The molecule has 0 saturated heterocycles. The van der Waals surface area contributed by atoms with Crippen molar-refractivity contribution in [3.05, 3.63) is 63.9 Å². The van der Waals surface area contributed by atoms with Crippen molar-refractivity contribution in [2.45, 2.75) is 25.9 Å². The van der Waals surface area contributed by atoms with E-state index in [1.54, 1.807) is 24.4 Å². The predicted molar refractivity (Wildman–Crippen MR) is 111 cm³/mol. The van der Waals surface area contributed by atoms with Gasteiger partial charge in [0.2, 0.25) is 5.88 Å². The van der Waals surface area contributed by atoms with Crippen molar-refractivity contribution in [2.24, 2.45) is 5.73 Å². The molecule has 3 rings (SSSR count). The minimum Gasteiger partial charge on any atom is -0.478 e. The molecule has 4 N–H and O–H groups in total. The molecule has 2 heterocycles. The average Bonchev–Trinajstić information content (AvgIpc) is 2.67. The number of nitrogens with two attached hydrogens (primary N) is 1. The van der Waals surface area contributed by atoms with Crippen molar-refractivity contribution >= 4 is 23.3 Å². The fourth-order valence-electron chi connectivity index (χ4n) is 3.35. The zero-order valence-electron chi connectivity index (χ0n) is 16.3. The monoisotopic (exact) mass is 417 g/mol. The van der Waals surface area contributed by atoms with E-state index in [0.717, 1.165) is 0 Å². The van der Waals surface area contributed by atoms with Gasteiger partial charge in [0.15, 0.2) is 0 Å². The molecule has 1 aliphatic rings. The lowest BCUT2D eigenvalue weighted by atomic mass is 9.81. The fraction of sp³-hybridized carbons (Fsp3) is 0.333. The normalized spacial score (nSPS) is 15.8. The number of hydrogen-bond acceptors (Lipinski definition) is 6. The summed E-state index contributed by atoms with van der Waals surface area (Å²) in [5, 5.41) is 13.8. The summed E-state index contributed by atoms with van der Waals surface area (Å²) in [6.45, 7) is 4.53. The quantitative estimate of drug-likeness (QED) is 0.565. The Bertz CT molecular complexity index is 930. The predicted octanol–water partition coefficient (Wildman–Crippen LogP) is 3.39. The Balaban J connectivity index is 2.23. The Kier molecular flexibility index (Phi) is 6.74. The summed E-state index contributed by atoms with van der Waals surface area (Å²) in [6.07, 6.45) is 1.49. The lowest BCUT2D eigenvalue weighted by Gasteiger charge is -2.32. The standard InChI is InChI=1S/C21H24ClN3O4/c1-12(2)29-20-18-15(7-9-24-20)25-16(11-28-10-8-23)19(21(26)27)17(18)13-5-3-4-6-14(13)22/h3-7,9,12,17,25H,8,10-11,23H2,1-2H3,(H,26,27). The van der Waals surface area contributed by atoms with Crippen LogP contribution in [-0.4, -0.2) is 41.9 Å². The number of ether oxygens (including phenoxy) is 2. The number of fused-ring (bicyclic) bond motifs is 1. The molecule has 1 aromatic heterocycles. The van der Waals surface area contributed by atoms with Crippen LogP contribution in [0.25, 0.3) is 0 Å². The molecule has 0 aliphatic carbocycles. The first kappa shape index (κ1) is 21.1. The summed E-state index contributed by atoms with van der Waals surface area (Å²) in [4.78, 5) is 16.7. The molecule has 8 heteroatoms. The molecule has 0 spiro atoms. The van der Waals surface area contributed by atoms with E-state index in [2.05, 4.69) is 10.3 Å². The summed E-state index contributed by atoms with van der Waals surface area (Å²) in [5.74, 6) is -1.37. The molecule has 2 aromatic rings. The first-order chi connectivity index (χ1) is 13.9. The van der Waals surface area contributed by atoms with Crippen LogP contribution in [0.15, 0.2) is 47.8 Å². The number of nitrogens with zero attached hydrogens (tertiary/aromatic N) is 1. The number of carboxylic acids is 1. The Morgan fingerprint density at radius 1 is 1.34 bits per heavy atom. The van der Waals surface area contributed by atoms with E-state index >= 15 is 0 Å². The first-order valence-corrected chi connectivity index (χ1v) is 9.73. The number of anilines is 1. The van der Waals surface area contributed by atoms with Crippen molar-refractivity contribution in [3.63, 3.8) is 0 Å². The number of hydrogen-bond donors (Lipinski definition) is 3. The zero-order valence-corrected chi connectivity index (χ0v) is 17.1. The lowest BCUT2D eigenvalue weighted by molar-refractivity contribution is -0.133. The van der Waals surface area contributed by atoms with E-state index in [-0.39, 0.29) is 18.3 Å². The lowest BCUT2D eigenvalue weighted by Crippen LogP contribution is -2.28. The van der Waals surface area contributed by atoms with Crippen LogP contribution in [0.4, 0.5) is 5.69 Å². The minimum absolute atomic E-state index is 0.0852. The van der Waals surface area contributed by atoms with Crippen LogP contribution < -0.4 is 15.8 Å². The largest absolute Gasteiger partial charge is 0.478 e. The highest BCUT2D eigenvalue weighted by atomic mass is 35.5. The van der Waals surface area contributed by atoms with Crippen molar-refractivity contribution < 1.29 is 19.4 Å². The third-order valence-electron chi connectivity index (χ3n) is 4.44. The number of halogens is 1. The van der Waals surface area contributed by atoms with Gasteiger partial charge in [0.05, 0.1) is 42.1 Å². The molecule has 0 bridgehead atoms. The SMILES string of the molecule is CC(C)Oc1nccc2c1C(c1ccccc1Cl)C(C(=O)O)=C(COCCN)N2. The van der Waals surface area contributed by atoms with Crippen LogP contribution >= 0.6 is 11.6 Å². The zero-order chi connectivity index (χ0) is 21.0. The molecule has 154 valence electrons. The minimum atomic E-state index is -1.07. The number of carbonyl (C=O) groups is 1. The number of nitrogens with one attached hydrogen (secondary N) is 1. The Labute approximate surface area is 174 Å². The van der Waals surface area contributed by atoms with Gasteiger partial charge in [-0.25, -0.2) is 9.78 Å². The van der Waals surface area contributed by atoms with Crippen LogP contribution in [0.2, 0.25) is 5.02 Å². The Morgan fingerprint density at radius 3 is 2.76 bits per heavy atom. The molecular weight excluding hydrogens is 394 g/mol. The third-order valence-corrected chi connectivity index (χ3v) is 4.79. The second kappa shape index (κ2) is 9.26. The van der Waals surface area contributed by atoms with Gasteiger partial charge >= 0.3 is 5.97 Å². The van der Waals surface area contributed by atoms with Gasteiger partial charge < -0.3 is 25.6 Å². The van der Waals surface area contributed by atoms with Gasteiger partial charge in [0.25, 0.3) is 0 Å². The van der Waals surface area contributed by atoms with E-state index in [1.807, 2.05) is 26.0 Å². The summed E-state index contributed by atoms with van der Waals surface area (Å²) in [6, 6.07) is 8.97. The molecule has 1 aromatic carbocycles. The molecule has 0 radical (unpaired) electrons. The highest BCUT2D eigenvalue weighted by Crippen LogP contribution is 2.47. The van der Waals surface area contributed by atoms with Crippen molar-refractivity contribution in [1.29, 1.82) is 0 Å². The first-order valence-electron chi connectivity index (χ1n) is 9.35. The smallest absolute Gasteiger partial charge is 0.334 e. The van der Waals surface area contributed by atoms with Crippen LogP contribution in [0.5, 0.6) is 5.88 Å². The highest BCUT2D eigenvalue weighted by Gasteiger charge is 2.37. The number of benzene rings is 1. The van der Waals surface area contributed by atoms with Gasteiger partial charge in [-0.1, -0.05) is 29.8 Å². The number of rotatable bonds is 8. The van der Waals surface area contributed by atoms with Crippen LogP contribution in [0.1, 0.15) is 30.9 Å². The topological polar surface area (TPSA) is 107 Å². The van der Waals surface area contributed by atoms with E-state index in [1.165, 1.54) is 0 Å². The maximum absolute atomic E-state index is 12.4. The molecule has 0 fully saturated rings. The van der Waals surface area contributed by atoms with E-state index in [0.29, 0.717) is 46.6 Å². The summed E-state index contributed by atoms with van der Waals surface area (Å²) >= 11 is 6.48. The number of aromatic nitrogens is 1. The average molecular weight is 418 g/mol. The fourth-order valence-corrected chi connectivity index (χ4v) is 3.60. The number of pyridine rings is 1. The van der Waals surface area contributed by atoms with E-state index in [9.17, 15) is 9.90 Å². The van der Waals surface area contributed by atoms with Crippen LogP contribution in [0, 0.1) is 0 Å². The molecule has 0 saturated carbocycles. The second-order valence-electron chi connectivity index (χ2n) is 6.86. The van der Waals surface area contributed by atoms with Gasteiger partial charge in [-0.2, -0.15) is 0 Å². The van der Waals surface area contributed by atoms with Crippen molar-refractivity contribution in [1.82, 2.24) is 4.98 Å². The summed E-state index contributed by atoms with van der Waals surface area (Å²) in [7, 11) is 0. The summed E-state index contributed by atoms with van der Waals surface area (Å²) < 4.78 is 11.4. The maximum Gasteiger partial charge on any atom is 0.334 e. The van der Waals surface area contributed by atoms with E-state index in [4.69, 9.17) is 26.8 Å². The number of carboxylic acid groups (broad SMARTS) is 1. The molecule has 1 aliphatic heterocycles. The van der Waals surface area contributed by atoms with Gasteiger partial charge in [-0.15, -0.1) is 0 Å². The molecule has 0 amide bonds. The second-order valence-corrected chi connectivity index (χ2v) is 7.27. The molecular formula is C21H24ClN3O4. The molecule has 29 heavy (non-hydrogen) atoms. The third kappa shape index (κ3) is 4.53. The van der Waals surface area contributed by atoms with Crippen LogP contribution in [0.3, 0.4) is 0 Å². The molecule has 1 unspecified atom stereocenters. The van der Waals surface area contributed by atoms with Crippen LogP contribution in [-0.2, 0) is 9.53 Å². The van der Waals surface area contributed by atoms with Gasteiger partial charge in [-0.05, 0) is 31.5 Å². The highest BCUT2D eigenvalue weighted by molar-refractivity contribution is 6.31. The Hall–Kier alpha value is -2.61. The van der Waals surface area contributed by atoms with Crippen molar-refractivity contribution in [3.8, 4) is 5.88 Å². The molecule has 1 atom stereocenters.